The van der Waals surface area contributed by atoms with Crippen LogP contribution in [0.1, 0.15) is 81.2 Å². The number of hydrogen-bond acceptors (Lipinski definition) is 4. The fourth-order valence-electron chi connectivity index (χ4n) is 8.47. The Morgan fingerprint density at radius 1 is 0.463 bits per heavy atom. The first-order valence-electron chi connectivity index (χ1n) is 14.4. The predicted octanol–water partition coefficient (Wildman–Crippen LogP) is 6.44. The lowest BCUT2D eigenvalue weighted by Gasteiger charge is -2.29. The smallest absolute Gasteiger partial charge is 0.195 e. The van der Waals surface area contributed by atoms with Gasteiger partial charge in [0.2, 0.25) is 0 Å². The zero-order valence-corrected chi connectivity index (χ0v) is 22.1. The first kappa shape index (κ1) is 23.0. The number of rotatable bonds is 0. The predicted molar refractivity (Wildman–Crippen MR) is 154 cm³/mol. The minimum atomic E-state index is -0.212. The van der Waals surface area contributed by atoms with Gasteiger partial charge >= 0.3 is 0 Å². The van der Waals surface area contributed by atoms with E-state index in [9.17, 15) is 19.2 Å². The summed E-state index contributed by atoms with van der Waals surface area (Å²) in [6.07, 6.45) is 7.39. The van der Waals surface area contributed by atoms with Crippen molar-refractivity contribution in [1.82, 2.24) is 0 Å². The van der Waals surface area contributed by atoms with Crippen LogP contribution in [0.3, 0.4) is 0 Å². The summed E-state index contributed by atoms with van der Waals surface area (Å²) in [6.45, 7) is 0. The van der Waals surface area contributed by atoms with Gasteiger partial charge in [-0.2, -0.15) is 0 Å². The molecule has 4 aromatic rings. The zero-order chi connectivity index (χ0) is 27.6. The molecule has 0 aromatic heterocycles. The van der Waals surface area contributed by atoms with Gasteiger partial charge in [0.25, 0.3) is 0 Å². The summed E-state index contributed by atoms with van der Waals surface area (Å²) in [6, 6.07) is 21.7. The summed E-state index contributed by atoms with van der Waals surface area (Å²) in [5.74, 6) is 0.983. The molecule has 0 N–H and O–H groups in total. The number of fused-ring (bicyclic) bond motifs is 15. The molecule has 0 amide bonds. The van der Waals surface area contributed by atoms with Crippen LogP contribution < -0.4 is 0 Å². The first-order valence-corrected chi connectivity index (χ1v) is 14.4. The lowest BCUT2D eigenvalue weighted by molar-refractivity contribution is 0.0978. The van der Waals surface area contributed by atoms with Gasteiger partial charge in [-0.05, 0) is 77.3 Å². The van der Waals surface area contributed by atoms with Crippen molar-refractivity contribution < 1.29 is 19.2 Å². The van der Waals surface area contributed by atoms with E-state index in [1.54, 1.807) is 54.6 Å². The summed E-state index contributed by atoms with van der Waals surface area (Å²) in [5.41, 5.74) is 6.31. The van der Waals surface area contributed by atoms with Crippen LogP contribution in [0.4, 0.5) is 0 Å². The van der Waals surface area contributed by atoms with Gasteiger partial charge in [-0.1, -0.05) is 72.8 Å². The van der Waals surface area contributed by atoms with E-state index in [-0.39, 0.29) is 23.1 Å². The summed E-state index contributed by atoms with van der Waals surface area (Å²) in [4.78, 5) is 56.1. The van der Waals surface area contributed by atoms with Crippen LogP contribution in [0.5, 0.6) is 0 Å². The Bertz CT molecular complexity index is 1980. The minimum Gasteiger partial charge on any atom is -0.289 e. The van der Waals surface area contributed by atoms with E-state index in [0.717, 1.165) is 30.4 Å². The average Bonchev–Trinajstić information content (AvgIpc) is 3.61. The largest absolute Gasteiger partial charge is 0.289 e. The molecule has 0 saturated heterocycles. The summed E-state index contributed by atoms with van der Waals surface area (Å²) < 4.78 is 0. The number of carbonyl (C=O) groups is 4. The highest BCUT2D eigenvalue weighted by atomic mass is 16.1. The molecule has 5 aliphatic carbocycles. The highest BCUT2D eigenvalue weighted by Gasteiger charge is 2.46. The van der Waals surface area contributed by atoms with Crippen LogP contribution in [-0.2, 0) is 12.8 Å². The maximum Gasteiger partial charge on any atom is 0.195 e. The molecule has 4 nitrogen and oxygen atoms in total. The van der Waals surface area contributed by atoms with Crippen molar-refractivity contribution in [3.05, 3.63) is 141 Å². The lowest BCUT2D eigenvalue weighted by Crippen LogP contribution is -2.25. The summed E-state index contributed by atoms with van der Waals surface area (Å²) in [5, 5.41) is 0. The number of ketones is 4. The Hall–Kier alpha value is -4.70. The Kier molecular flexibility index (Phi) is 4.47. The topological polar surface area (TPSA) is 68.3 Å². The molecule has 41 heavy (non-hydrogen) atoms. The highest BCUT2D eigenvalue weighted by Crippen LogP contribution is 2.53. The van der Waals surface area contributed by atoms with Crippen LogP contribution in [0.2, 0.25) is 0 Å². The third kappa shape index (κ3) is 2.94. The molecule has 4 heteroatoms. The Morgan fingerprint density at radius 3 is 1.66 bits per heavy atom. The Balaban J connectivity index is 1.38. The van der Waals surface area contributed by atoms with Crippen molar-refractivity contribution in [2.45, 2.75) is 19.3 Å². The van der Waals surface area contributed by atoms with Crippen molar-refractivity contribution in [3.63, 3.8) is 0 Å². The van der Waals surface area contributed by atoms with Gasteiger partial charge in [0.05, 0.1) is 0 Å². The second-order valence-corrected chi connectivity index (χ2v) is 12.2. The standard InChI is InChI=1S/C37H24O4/c38-34-22-5-1-4-8-25(22)37(41)33-26(34)12-11-21-17-28-20-10-9-19(16-20)27(28)13-18-14-29(31(21)33)32-30(15-18)35(39)23-6-2-3-7-24(23)36(32)40/h1-12,14-15,19-20,27-28H,13,16-17H2. The van der Waals surface area contributed by atoms with Crippen molar-refractivity contribution in [2.75, 3.05) is 0 Å². The molecule has 4 aromatic carbocycles. The normalized spacial score (nSPS) is 24.4. The second kappa shape index (κ2) is 7.94. The molecule has 0 heterocycles. The van der Waals surface area contributed by atoms with Gasteiger partial charge in [-0.3, -0.25) is 19.2 Å². The van der Waals surface area contributed by atoms with E-state index in [2.05, 4.69) is 12.2 Å². The van der Waals surface area contributed by atoms with Crippen molar-refractivity contribution in [1.29, 1.82) is 0 Å². The maximum atomic E-state index is 14.3. The van der Waals surface area contributed by atoms with Gasteiger partial charge in [-0.25, -0.2) is 0 Å². The molecule has 0 aliphatic heterocycles. The molecule has 4 atom stereocenters. The molecule has 4 bridgehead atoms. The van der Waals surface area contributed by atoms with Crippen LogP contribution >= 0.6 is 0 Å². The van der Waals surface area contributed by atoms with E-state index in [1.165, 1.54) is 0 Å². The number of hydrogen-bond donors (Lipinski definition) is 0. The third-order valence-electron chi connectivity index (χ3n) is 10.3. The molecule has 1 saturated carbocycles. The van der Waals surface area contributed by atoms with Gasteiger partial charge in [-0.15, -0.1) is 0 Å². The van der Waals surface area contributed by atoms with Gasteiger partial charge in [0.1, 0.15) is 0 Å². The molecule has 4 unspecified atom stereocenters. The summed E-state index contributed by atoms with van der Waals surface area (Å²) in [7, 11) is 0. The number of allylic oxidation sites excluding steroid dienone is 2. The Labute approximate surface area is 236 Å². The molecular formula is C37H24O4. The number of carbonyl (C=O) groups excluding carboxylic acids is 4. The van der Waals surface area contributed by atoms with Crippen LogP contribution in [0.25, 0.3) is 11.1 Å². The van der Waals surface area contributed by atoms with E-state index in [0.29, 0.717) is 79.3 Å². The lowest BCUT2D eigenvalue weighted by atomic mass is 9.73. The number of benzene rings is 4. The van der Waals surface area contributed by atoms with Crippen LogP contribution in [0, 0.1) is 23.7 Å². The molecule has 0 radical (unpaired) electrons. The fraction of sp³-hybridized carbons (Fsp3) is 0.189. The average molecular weight is 533 g/mol. The molecule has 0 spiro atoms. The van der Waals surface area contributed by atoms with Gasteiger partial charge < -0.3 is 0 Å². The molecular weight excluding hydrogens is 508 g/mol. The van der Waals surface area contributed by atoms with Gasteiger partial charge in [0, 0.05) is 44.5 Å². The monoisotopic (exact) mass is 532 g/mol. The summed E-state index contributed by atoms with van der Waals surface area (Å²) >= 11 is 0. The van der Waals surface area contributed by atoms with Crippen molar-refractivity contribution >= 4 is 23.1 Å². The second-order valence-electron chi connectivity index (χ2n) is 12.2. The Morgan fingerprint density at radius 2 is 1.00 bits per heavy atom. The van der Waals surface area contributed by atoms with Crippen molar-refractivity contribution in [2.24, 2.45) is 23.7 Å². The maximum absolute atomic E-state index is 14.3. The molecule has 1 fully saturated rings. The highest BCUT2D eigenvalue weighted by molar-refractivity contribution is 6.33. The van der Waals surface area contributed by atoms with Gasteiger partial charge in [0.15, 0.2) is 23.1 Å². The minimum absolute atomic E-state index is 0.166. The van der Waals surface area contributed by atoms with E-state index in [4.69, 9.17) is 0 Å². The fourth-order valence-corrected chi connectivity index (χ4v) is 8.47. The van der Waals surface area contributed by atoms with E-state index in [1.807, 2.05) is 18.2 Å². The van der Waals surface area contributed by atoms with Crippen LogP contribution in [-0.4, -0.2) is 23.1 Å². The van der Waals surface area contributed by atoms with Crippen LogP contribution in [0.15, 0.2) is 84.9 Å². The first-order chi connectivity index (χ1) is 20.0. The molecule has 9 rings (SSSR count). The van der Waals surface area contributed by atoms with E-state index < -0.39 is 0 Å². The quantitative estimate of drug-likeness (QED) is 0.211. The molecule has 196 valence electrons. The van der Waals surface area contributed by atoms with Crippen molar-refractivity contribution in [3.8, 4) is 11.1 Å². The van der Waals surface area contributed by atoms with E-state index >= 15 is 0 Å². The third-order valence-corrected chi connectivity index (χ3v) is 10.3. The molecule has 5 aliphatic rings. The SMILES string of the molecule is O=C1c2ccccc2C(=O)c2c1cc1cc2-c2c(ccc3c2C(=O)c2ccccc2C3=O)CC2C3C=CC(C3)C2C1. The zero-order valence-electron chi connectivity index (χ0n) is 22.1.